The van der Waals surface area contributed by atoms with Crippen molar-refractivity contribution in [2.45, 2.75) is 77.4 Å². The van der Waals surface area contributed by atoms with Crippen LogP contribution in [0.15, 0.2) is 30.3 Å². The van der Waals surface area contributed by atoms with Crippen LogP contribution in [0.3, 0.4) is 0 Å². The van der Waals surface area contributed by atoms with Crippen LogP contribution in [0, 0.1) is 17.5 Å². The minimum absolute atomic E-state index is 0.0670. The molecule has 2 aromatic carbocycles. The molecule has 2 unspecified atom stereocenters. The monoisotopic (exact) mass is 434 g/mol. The number of hydrogen-bond acceptors (Lipinski definition) is 2. The van der Waals surface area contributed by atoms with E-state index in [4.69, 9.17) is 9.47 Å². The van der Waals surface area contributed by atoms with Crippen LogP contribution < -0.4 is 0 Å². The van der Waals surface area contributed by atoms with Crippen molar-refractivity contribution in [2.24, 2.45) is 0 Å². The molecule has 1 heterocycles. The third-order valence-electron chi connectivity index (χ3n) is 6.00. The Morgan fingerprint density at radius 1 is 0.935 bits per heavy atom. The molecule has 0 bridgehead atoms. The number of benzene rings is 2. The molecule has 0 saturated carbocycles. The van der Waals surface area contributed by atoms with E-state index in [1.54, 1.807) is 24.3 Å². The normalized spacial score (nSPS) is 19.0. The van der Waals surface area contributed by atoms with Crippen LogP contribution in [0.25, 0.3) is 11.1 Å². The molecule has 2 aromatic rings. The van der Waals surface area contributed by atoms with E-state index < -0.39 is 17.5 Å². The average molecular weight is 435 g/mol. The molecule has 0 aromatic heterocycles. The summed E-state index contributed by atoms with van der Waals surface area (Å²) in [5.41, 5.74) is 1.36. The lowest BCUT2D eigenvalue weighted by Crippen LogP contribution is -2.27. The molecule has 1 aliphatic rings. The zero-order valence-corrected chi connectivity index (χ0v) is 18.6. The fraction of sp³-hybridized carbons (Fsp3) is 0.538. The summed E-state index contributed by atoms with van der Waals surface area (Å²) in [4.78, 5) is 0. The van der Waals surface area contributed by atoms with Crippen molar-refractivity contribution in [3.63, 3.8) is 0 Å². The maximum atomic E-state index is 14.9. The van der Waals surface area contributed by atoms with E-state index in [0.717, 1.165) is 44.9 Å². The first kappa shape index (κ1) is 23.8. The molecule has 1 saturated heterocycles. The van der Waals surface area contributed by atoms with Gasteiger partial charge in [-0.15, -0.1) is 0 Å². The number of unbranched alkanes of at least 4 members (excludes halogenated alkanes) is 3. The van der Waals surface area contributed by atoms with Crippen molar-refractivity contribution in [1.29, 1.82) is 0 Å². The van der Waals surface area contributed by atoms with Crippen molar-refractivity contribution in [1.82, 2.24) is 0 Å². The molecule has 2 atom stereocenters. The van der Waals surface area contributed by atoms with Crippen LogP contribution in [-0.2, 0) is 15.9 Å². The molecule has 0 spiro atoms. The van der Waals surface area contributed by atoms with Gasteiger partial charge in [0.1, 0.15) is 5.82 Å². The third-order valence-corrected chi connectivity index (χ3v) is 6.00. The second-order valence-electron chi connectivity index (χ2n) is 8.36. The van der Waals surface area contributed by atoms with Gasteiger partial charge in [-0.2, -0.15) is 0 Å². The quantitative estimate of drug-likeness (QED) is 0.360. The molecule has 0 aliphatic carbocycles. The van der Waals surface area contributed by atoms with Gasteiger partial charge in [-0.1, -0.05) is 57.4 Å². The molecule has 2 nitrogen and oxygen atoms in total. The molecule has 0 N–H and O–H groups in total. The van der Waals surface area contributed by atoms with Gasteiger partial charge >= 0.3 is 0 Å². The Balaban J connectivity index is 1.68. The van der Waals surface area contributed by atoms with Crippen LogP contribution in [0.5, 0.6) is 0 Å². The Bertz CT molecular complexity index is 845. The second-order valence-corrected chi connectivity index (χ2v) is 8.36. The first-order valence-corrected chi connectivity index (χ1v) is 11.5. The van der Waals surface area contributed by atoms with E-state index in [1.807, 2.05) is 0 Å². The molecule has 0 amide bonds. The highest BCUT2D eigenvalue weighted by Crippen LogP contribution is 2.34. The van der Waals surface area contributed by atoms with Gasteiger partial charge in [0.15, 0.2) is 17.9 Å². The Morgan fingerprint density at radius 3 is 2.42 bits per heavy atom. The Hall–Kier alpha value is -1.85. The largest absolute Gasteiger partial charge is 0.353 e. The van der Waals surface area contributed by atoms with Crippen molar-refractivity contribution in [2.75, 3.05) is 13.2 Å². The lowest BCUT2D eigenvalue weighted by Gasteiger charge is -2.29. The SMILES string of the molecule is CCCCCc1ccc(-c2ccc(C3CCC(OCCCC)OC3)c(F)c2)c(F)c1F. The standard InChI is InChI=1S/C26H33F3O2/c1-3-5-7-8-18-9-13-22(26(29)25(18)28)19-10-12-21(23(27)16-19)20-11-14-24(31-17-20)30-15-6-4-2/h9-10,12-13,16,20,24H,3-8,11,14-15,17H2,1-2H3. The van der Waals surface area contributed by atoms with Crippen molar-refractivity contribution in [3.05, 3.63) is 58.9 Å². The molecule has 170 valence electrons. The maximum absolute atomic E-state index is 14.9. The Kier molecular flexibility index (Phi) is 8.97. The number of ether oxygens (including phenoxy) is 2. The van der Waals surface area contributed by atoms with E-state index in [-0.39, 0.29) is 17.8 Å². The zero-order valence-electron chi connectivity index (χ0n) is 18.6. The first-order valence-electron chi connectivity index (χ1n) is 11.5. The van der Waals surface area contributed by atoms with E-state index in [9.17, 15) is 13.2 Å². The smallest absolute Gasteiger partial charge is 0.166 e. The predicted molar refractivity (Wildman–Crippen MR) is 118 cm³/mol. The van der Waals surface area contributed by atoms with E-state index in [0.29, 0.717) is 36.3 Å². The first-order chi connectivity index (χ1) is 15.0. The molecule has 1 fully saturated rings. The lowest BCUT2D eigenvalue weighted by atomic mass is 9.90. The van der Waals surface area contributed by atoms with Crippen LogP contribution >= 0.6 is 0 Å². The van der Waals surface area contributed by atoms with Gasteiger partial charge in [0.05, 0.1) is 6.61 Å². The number of aryl methyl sites for hydroxylation is 1. The van der Waals surface area contributed by atoms with E-state index in [2.05, 4.69) is 13.8 Å². The molecular formula is C26H33F3O2. The van der Waals surface area contributed by atoms with Gasteiger partial charge in [-0.3, -0.25) is 0 Å². The van der Waals surface area contributed by atoms with Gasteiger partial charge in [0.2, 0.25) is 0 Å². The predicted octanol–water partition coefficient (Wildman–Crippen LogP) is 7.54. The van der Waals surface area contributed by atoms with Crippen molar-refractivity contribution >= 4 is 0 Å². The van der Waals surface area contributed by atoms with Crippen molar-refractivity contribution < 1.29 is 22.6 Å². The summed E-state index contributed by atoms with van der Waals surface area (Å²) in [6.45, 7) is 5.24. The molecule has 0 radical (unpaired) electrons. The summed E-state index contributed by atoms with van der Waals surface area (Å²) < 4.78 is 55.5. The highest BCUT2D eigenvalue weighted by molar-refractivity contribution is 5.65. The number of hydrogen-bond donors (Lipinski definition) is 0. The molecule has 5 heteroatoms. The van der Waals surface area contributed by atoms with Crippen LogP contribution in [0.2, 0.25) is 0 Å². The molecular weight excluding hydrogens is 401 g/mol. The van der Waals surface area contributed by atoms with Crippen LogP contribution in [-0.4, -0.2) is 19.5 Å². The topological polar surface area (TPSA) is 18.5 Å². The van der Waals surface area contributed by atoms with Crippen molar-refractivity contribution in [3.8, 4) is 11.1 Å². The maximum Gasteiger partial charge on any atom is 0.166 e. The second kappa shape index (κ2) is 11.7. The Labute approximate surface area is 183 Å². The fourth-order valence-corrected chi connectivity index (χ4v) is 4.06. The van der Waals surface area contributed by atoms with Gasteiger partial charge < -0.3 is 9.47 Å². The molecule has 1 aliphatic heterocycles. The summed E-state index contributed by atoms with van der Waals surface area (Å²) in [7, 11) is 0. The minimum Gasteiger partial charge on any atom is -0.353 e. The average Bonchev–Trinajstić information content (AvgIpc) is 2.78. The summed E-state index contributed by atoms with van der Waals surface area (Å²) >= 11 is 0. The summed E-state index contributed by atoms with van der Waals surface area (Å²) in [6, 6.07) is 7.80. The highest BCUT2D eigenvalue weighted by Gasteiger charge is 2.26. The number of halogens is 3. The number of rotatable bonds is 10. The molecule has 31 heavy (non-hydrogen) atoms. The van der Waals surface area contributed by atoms with Crippen LogP contribution in [0.1, 0.15) is 75.8 Å². The van der Waals surface area contributed by atoms with Gasteiger partial charge in [0, 0.05) is 18.1 Å². The van der Waals surface area contributed by atoms with Gasteiger partial charge in [-0.05, 0) is 54.9 Å². The van der Waals surface area contributed by atoms with E-state index >= 15 is 0 Å². The summed E-state index contributed by atoms with van der Waals surface area (Å²) in [6.07, 6.45) is 6.65. The van der Waals surface area contributed by atoms with Gasteiger partial charge in [0.25, 0.3) is 0 Å². The zero-order chi connectivity index (χ0) is 22.2. The lowest BCUT2D eigenvalue weighted by molar-refractivity contribution is -0.167. The third kappa shape index (κ3) is 6.11. The molecule has 3 rings (SSSR count). The summed E-state index contributed by atoms with van der Waals surface area (Å²) in [5.74, 6) is -2.21. The summed E-state index contributed by atoms with van der Waals surface area (Å²) in [5, 5.41) is 0. The Morgan fingerprint density at radius 2 is 1.74 bits per heavy atom. The van der Waals surface area contributed by atoms with Crippen LogP contribution in [0.4, 0.5) is 13.2 Å². The van der Waals surface area contributed by atoms with Gasteiger partial charge in [-0.25, -0.2) is 13.2 Å². The minimum atomic E-state index is -0.908. The fourth-order valence-electron chi connectivity index (χ4n) is 4.06. The highest BCUT2D eigenvalue weighted by atomic mass is 19.2. The van der Waals surface area contributed by atoms with E-state index in [1.165, 1.54) is 6.07 Å².